The zero-order valence-corrected chi connectivity index (χ0v) is 18.8. The summed E-state index contributed by atoms with van der Waals surface area (Å²) in [7, 11) is 0. The Bertz CT molecular complexity index is 1190. The number of thiophene rings is 1. The van der Waals surface area contributed by atoms with Crippen LogP contribution in [0.4, 0.5) is 0 Å². The highest BCUT2D eigenvalue weighted by Gasteiger charge is 2.20. The summed E-state index contributed by atoms with van der Waals surface area (Å²) in [4.78, 5) is 6.74. The van der Waals surface area contributed by atoms with Gasteiger partial charge in [0.2, 0.25) is 0 Å². The van der Waals surface area contributed by atoms with Gasteiger partial charge in [-0.15, -0.1) is 11.3 Å². The highest BCUT2D eigenvalue weighted by Crippen LogP contribution is 2.43. The number of nitrogens with zero attached hydrogens (tertiary/aromatic N) is 1. The van der Waals surface area contributed by atoms with E-state index in [9.17, 15) is 0 Å². The molecule has 2 aromatic heterocycles. The largest absolute Gasteiger partial charge is 0.247 e. The van der Waals surface area contributed by atoms with Crippen LogP contribution in [0.3, 0.4) is 0 Å². The summed E-state index contributed by atoms with van der Waals surface area (Å²) in [5.74, 6) is 0.652. The fraction of sp³-hybridized carbons (Fsp3) is 0.346. The van der Waals surface area contributed by atoms with Crippen LogP contribution < -0.4 is 0 Å². The number of pyridine rings is 1. The highest BCUT2D eigenvalue weighted by molar-refractivity contribution is 7.20. The van der Waals surface area contributed by atoms with Gasteiger partial charge < -0.3 is 0 Å². The minimum absolute atomic E-state index is 0.652. The molecule has 0 aliphatic rings. The lowest BCUT2D eigenvalue weighted by molar-refractivity contribution is 0.652. The lowest BCUT2D eigenvalue weighted by Crippen LogP contribution is -1.94. The topological polar surface area (TPSA) is 12.9 Å². The molecule has 0 bridgehead atoms. The van der Waals surface area contributed by atoms with Gasteiger partial charge in [0.1, 0.15) is 0 Å². The molecule has 0 fully saturated rings. The summed E-state index contributed by atoms with van der Waals surface area (Å²) < 4.78 is 1.41. The minimum Gasteiger partial charge on any atom is -0.247 e. The fourth-order valence-corrected chi connectivity index (χ4v) is 6.05. The van der Waals surface area contributed by atoms with Gasteiger partial charge in [0.25, 0.3) is 0 Å². The Labute approximate surface area is 172 Å². The molecule has 1 nitrogen and oxygen atoms in total. The molecule has 0 unspecified atom stereocenters. The van der Waals surface area contributed by atoms with Crippen LogP contribution in [0.15, 0.2) is 30.3 Å². The Hall–Kier alpha value is -2.19. The molecule has 0 aliphatic carbocycles. The average Bonchev–Trinajstić information content (AvgIpc) is 2.88. The molecule has 2 heterocycles. The molecule has 0 radical (unpaired) electrons. The predicted molar refractivity (Wildman–Crippen MR) is 125 cm³/mol. The van der Waals surface area contributed by atoms with Crippen LogP contribution in [0.25, 0.3) is 32.2 Å². The summed E-state index contributed by atoms with van der Waals surface area (Å²) >= 11 is 1.98. The molecule has 0 aliphatic heterocycles. The Balaban J connectivity index is 2.17. The lowest BCUT2D eigenvalue weighted by atomic mass is 9.96. The van der Waals surface area contributed by atoms with E-state index in [4.69, 9.17) is 4.98 Å². The third-order valence-corrected chi connectivity index (χ3v) is 6.82. The third-order valence-electron chi connectivity index (χ3n) is 5.49. The quantitative estimate of drug-likeness (QED) is 0.349. The van der Waals surface area contributed by atoms with E-state index in [1.54, 1.807) is 0 Å². The summed E-state index contributed by atoms with van der Waals surface area (Å²) in [5.41, 5.74) is 10.1. The molecular formula is C26H29NS. The standard InChI is InChI=1S/C26H29NS/c1-14(2)8-22-19(7)24-25(20-11-15(3)9-16(4)12-20)27-21-13-17(5)10-18(6)23(21)26(24)28-22/h9-14H,8H2,1-7H3. The van der Waals surface area contributed by atoms with Crippen molar-refractivity contribution in [2.24, 2.45) is 5.92 Å². The molecule has 4 rings (SSSR count). The second-order valence-electron chi connectivity index (χ2n) is 8.77. The summed E-state index contributed by atoms with van der Waals surface area (Å²) in [6.07, 6.45) is 1.13. The van der Waals surface area contributed by atoms with Crippen molar-refractivity contribution in [3.63, 3.8) is 0 Å². The van der Waals surface area contributed by atoms with E-state index in [0.29, 0.717) is 5.92 Å². The highest BCUT2D eigenvalue weighted by atomic mass is 32.1. The second kappa shape index (κ2) is 7.00. The van der Waals surface area contributed by atoms with Gasteiger partial charge >= 0.3 is 0 Å². The van der Waals surface area contributed by atoms with Crippen LogP contribution in [0, 0.1) is 40.5 Å². The molecule has 2 aromatic carbocycles. The van der Waals surface area contributed by atoms with E-state index in [1.165, 1.54) is 53.7 Å². The minimum atomic E-state index is 0.652. The summed E-state index contributed by atoms with van der Waals surface area (Å²) in [5, 5.41) is 2.68. The maximum atomic E-state index is 5.24. The van der Waals surface area contributed by atoms with Crippen molar-refractivity contribution in [1.29, 1.82) is 0 Å². The van der Waals surface area contributed by atoms with Crippen molar-refractivity contribution in [3.8, 4) is 11.3 Å². The zero-order valence-electron chi connectivity index (χ0n) is 18.0. The van der Waals surface area contributed by atoms with Gasteiger partial charge in [0.15, 0.2) is 0 Å². The van der Waals surface area contributed by atoms with Crippen LogP contribution >= 0.6 is 11.3 Å². The zero-order chi connectivity index (χ0) is 20.2. The van der Waals surface area contributed by atoms with Gasteiger partial charge in [-0.3, -0.25) is 0 Å². The molecule has 2 heteroatoms. The first kappa shape index (κ1) is 19.1. The third kappa shape index (κ3) is 3.24. The number of benzene rings is 2. The second-order valence-corrected chi connectivity index (χ2v) is 9.87. The smallest absolute Gasteiger partial charge is 0.0799 e. The van der Waals surface area contributed by atoms with Gasteiger partial charge in [-0.05, 0) is 81.8 Å². The first-order valence-corrected chi connectivity index (χ1v) is 11.0. The van der Waals surface area contributed by atoms with Crippen LogP contribution in [0.5, 0.6) is 0 Å². The Kier molecular flexibility index (Phi) is 4.79. The fourth-order valence-electron chi connectivity index (χ4n) is 4.41. The van der Waals surface area contributed by atoms with Crippen LogP contribution in [0.1, 0.15) is 46.5 Å². The van der Waals surface area contributed by atoms with Crippen molar-refractivity contribution in [1.82, 2.24) is 4.98 Å². The van der Waals surface area contributed by atoms with E-state index in [-0.39, 0.29) is 0 Å². The average molecular weight is 388 g/mol. The van der Waals surface area contributed by atoms with E-state index in [2.05, 4.69) is 78.8 Å². The monoisotopic (exact) mass is 387 g/mol. The SMILES string of the molecule is Cc1cc(C)cc(-c2nc3cc(C)cc(C)c3c3sc(CC(C)C)c(C)c23)c1. The van der Waals surface area contributed by atoms with E-state index >= 15 is 0 Å². The van der Waals surface area contributed by atoms with E-state index in [0.717, 1.165) is 17.6 Å². The Morgan fingerprint density at radius 3 is 2.11 bits per heavy atom. The van der Waals surface area contributed by atoms with Gasteiger partial charge in [0, 0.05) is 25.9 Å². The number of hydrogen-bond donors (Lipinski definition) is 0. The normalized spacial score (nSPS) is 11.9. The van der Waals surface area contributed by atoms with E-state index in [1.807, 2.05) is 11.3 Å². The van der Waals surface area contributed by atoms with Crippen molar-refractivity contribution in [2.75, 3.05) is 0 Å². The molecule has 4 aromatic rings. The van der Waals surface area contributed by atoms with Gasteiger partial charge in [-0.25, -0.2) is 4.98 Å². The van der Waals surface area contributed by atoms with Crippen molar-refractivity contribution >= 4 is 32.3 Å². The Morgan fingerprint density at radius 1 is 0.821 bits per heavy atom. The molecule has 28 heavy (non-hydrogen) atoms. The van der Waals surface area contributed by atoms with Crippen LogP contribution in [-0.2, 0) is 6.42 Å². The number of fused-ring (bicyclic) bond motifs is 3. The molecule has 0 saturated carbocycles. The van der Waals surface area contributed by atoms with Gasteiger partial charge in [-0.1, -0.05) is 37.1 Å². The Morgan fingerprint density at radius 2 is 1.46 bits per heavy atom. The van der Waals surface area contributed by atoms with Crippen LogP contribution in [-0.4, -0.2) is 4.98 Å². The predicted octanol–water partition coefficient (Wildman–Crippen LogP) is 7.86. The van der Waals surface area contributed by atoms with Crippen molar-refractivity contribution < 1.29 is 0 Å². The lowest BCUT2D eigenvalue weighted by Gasteiger charge is -2.12. The number of rotatable bonds is 3. The number of aromatic nitrogens is 1. The maximum absolute atomic E-state index is 5.24. The number of aryl methyl sites for hydroxylation is 5. The van der Waals surface area contributed by atoms with Crippen LogP contribution in [0.2, 0.25) is 0 Å². The van der Waals surface area contributed by atoms with Crippen molar-refractivity contribution in [2.45, 2.75) is 54.9 Å². The molecule has 0 N–H and O–H groups in total. The first-order chi connectivity index (χ1) is 13.2. The van der Waals surface area contributed by atoms with Crippen molar-refractivity contribution in [3.05, 3.63) is 63.0 Å². The number of hydrogen-bond acceptors (Lipinski definition) is 2. The first-order valence-electron chi connectivity index (χ1n) is 10.2. The summed E-state index contributed by atoms with van der Waals surface area (Å²) in [6, 6.07) is 11.3. The summed E-state index contributed by atoms with van der Waals surface area (Å²) in [6.45, 7) is 15.6. The van der Waals surface area contributed by atoms with Gasteiger partial charge in [-0.2, -0.15) is 0 Å². The molecule has 0 atom stereocenters. The molecular weight excluding hydrogens is 358 g/mol. The molecule has 144 valence electrons. The molecule has 0 saturated heterocycles. The molecule has 0 spiro atoms. The van der Waals surface area contributed by atoms with E-state index < -0.39 is 0 Å². The maximum Gasteiger partial charge on any atom is 0.0799 e. The van der Waals surface area contributed by atoms with Gasteiger partial charge in [0.05, 0.1) is 11.2 Å². The molecule has 0 amide bonds.